The van der Waals surface area contributed by atoms with E-state index in [0.717, 1.165) is 5.56 Å². The highest BCUT2D eigenvalue weighted by molar-refractivity contribution is 7.89. The van der Waals surface area contributed by atoms with Gasteiger partial charge in [0.2, 0.25) is 15.9 Å². The first-order chi connectivity index (χ1) is 16.3. The van der Waals surface area contributed by atoms with Gasteiger partial charge in [0.25, 0.3) is 0 Å². The van der Waals surface area contributed by atoms with Crippen molar-refractivity contribution >= 4 is 15.9 Å². The third kappa shape index (κ3) is 5.99. The molecule has 1 saturated heterocycles. The maximum Gasteiger partial charge on any atom is 0.243 e. The maximum absolute atomic E-state index is 13.0. The van der Waals surface area contributed by atoms with E-state index in [1.807, 2.05) is 12.1 Å². The summed E-state index contributed by atoms with van der Waals surface area (Å²) in [7, 11) is 2.76. The molecule has 2 aromatic carbocycles. The number of methoxy groups -OCH3 is 3. The third-order valence-electron chi connectivity index (χ3n) is 5.76. The molecular formula is C24H32N2O7S. The molecule has 0 spiro atoms. The smallest absolute Gasteiger partial charge is 0.243 e. The average Bonchev–Trinajstić information content (AvgIpc) is 2.87. The van der Waals surface area contributed by atoms with Gasteiger partial charge in [-0.15, -0.1) is 0 Å². The summed E-state index contributed by atoms with van der Waals surface area (Å²) in [5.41, 5.74) is 1.58. The zero-order valence-corrected chi connectivity index (χ0v) is 20.9. The molecule has 1 aliphatic rings. The van der Waals surface area contributed by atoms with Crippen LogP contribution in [0.5, 0.6) is 17.2 Å². The molecule has 2 aromatic rings. The quantitative estimate of drug-likeness (QED) is 0.502. The number of ether oxygens (including phenoxy) is 4. The van der Waals surface area contributed by atoms with Gasteiger partial charge in [0.05, 0.1) is 39.4 Å². The molecule has 0 radical (unpaired) electrons. The number of carbonyl (C=O) groups excluding carboxylic acids is 1. The van der Waals surface area contributed by atoms with Gasteiger partial charge in [-0.2, -0.15) is 4.31 Å². The summed E-state index contributed by atoms with van der Waals surface area (Å²) in [6.45, 7) is 1.81. The van der Waals surface area contributed by atoms with Gasteiger partial charge in [-0.1, -0.05) is 6.07 Å². The topological polar surface area (TPSA) is 94.6 Å². The second-order valence-electron chi connectivity index (χ2n) is 7.93. The number of aryl methyl sites for hydroxylation is 1. The van der Waals surface area contributed by atoms with Crippen LogP contribution in [-0.2, 0) is 32.5 Å². The van der Waals surface area contributed by atoms with Crippen molar-refractivity contribution in [1.29, 1.82) is 0 Å². The van der Waals surface area contributed by atoms with Crippen LogP contribution in [0.1, 0.15) is 17.5 Å². The van der Waals surface area contributed by atoms with E-state index in [-0.39, 0.29) is 17.2 Å². The number of amides is 1. The molecule has 3 rings (SSSR count). The number of benzene rings is 2. The van der Waals surface area contributed by atoms with Crippen LogP contribution in [0.4, 0.5) is 0 Å². The van der Waals surface area contributed by atoms with Crippen molar-refractivity contribution in [2.75, 3.05) is 54.7 Å². The SMILES string of the molecule is COc1ccc(S(=O)(=O)N2CCOCC2)cc1CCC(=O)N(C)Cc1ccc(OC)c(OC)c1. The Balaban J connectivity index is 1.69. The Labute approximate surface area is 201 Å². The van der Waals surface area contributed by atoms with Gasteiger partial charge in [0.1, 0.15) is 5.75 Å². The first kappa shape index (κ1) is 25.8. The number of sulfonamides is 1. The van der Waals surface area contributed by atoms with Crippen LogP contribution >= 0.6 is 0 Å². The van der Waals surface area contributed by atoms with Crippen molar-refractivity contribution in [2.45, 2.75) is 24.3 Å². The molecule has 0 saturated carbocycles. The molecule has 0 bridgehead atoms. The molecule has 0 N–H and O–H groups in total. The van der Waals surface area contributed by atoms with Gasteiger partial charge in [0.15, 0.2) is 11.5 Å². The molecule has 9 nitrogen and oxygen atoms in total. The summed E-state index contributed by atoms with van der Waals surface area (Å²) in [6.07, 6.45) is 0.561. The Kier molecular flexibility index (Phi) is 8.76. The molecule has 0 aromatic heterocycles. The van der Waals surface area contributed by atoms with Crippen LogP contribution in [0, 0.1) is 0 Å². The number of hydrogen-bond acceptors (Lipinski definition) is 7. The zero-order valence-electron chi connectivity index (χ0n) is 20.1. The molecule has 0 unspecified atom stereocenters. The number of carbonyl (C=O) groups is 1. The third-order valence-corrected chi connectivity index (χ3v) is 7.66. The number of morpholine rings is 1. The van der Waals surface area contributed by atoms with E-state index in [4.69, 9.17) is 18.9 Å². The van der Waals surface area contributed by atoms with E-state index < -0.39 is 10.0 Å². The summed E-state index contributed by atoms with van der Waals surface area (Å²) < 4.78 is 48.7. The lowest BCUT2D eigenvalue weighted by Crippen LogP contribution is -2.40. The van der Waals surface area contributed by atoms with E-state index >= 15 is 0 Å². The van der Waals surface area contributed by atoms with Gasteiger partial charge < -0.3 is 23.8 Å². The van der Waals surface area contributed by atoms with Gasteiger partial charge in [-0.05, 0) is 47.9 Å². The highest BCUT2D eigenvalue weighted by Crippen LogP contribution is 2.29. The fourth-order valence-corrected chi connectivity index (χ4v) is 5.28. The Morgan fingerprint density at radius 1 is 0.971 bits per heavy atom. The van der Waals surface area contributed by atoms with E-state index in [1.165, 1.54) is 17.5 Å². The highest BCUT2D eigenvalue weighted by atomic mass is 32.2. The second-order valence-corrected chi connectivity index (χ2v) is 9.87. The van der Waals surface area contributed by atoms with Gasteiger partial charge in [-0.3, -0.25) is 4.79 Å². The number of hydrogen-bond donors (Lipinski definition) is 0. The predicted molar refractivity (Wildman–Crippen MR) is 127 cm³/mol. The molecular weight excluding hydrogens is 460 g/mol. The highest BCUT2D eigenvalue weighted by Gasteiger charge is 2.27. The summed E-state index contributed by atoms with van der Waals surface area (Å²) >= 11 is 0. The first-order valence-corrected chi connectivity index (χ1v) is 12.4. The molecule has 1 fully saturated rings. The second kappa shape index (κ2) is 11.5. The Hall–Kier alpha value is -2.82. The lowest BCUT2D eigenvalue weighted by atomic mass is 10.1. The molecule has 1 heterocycles. The summed E-state index contributed by atoms with van der Waals surface area (Å²) in [5, 5.41) is 0. The molecule has 10 heteroatoms. The number of rotatable bonds is 10. The Bertz CT molecular complexity index is 1100. The number of nitrogens with zero attached hydrogens (tertiary/aromatic N) is 2. The standard InChI is InChI=1S/C24H32N2O7S/c1-25(17-18-5-8-22(31-3)23(15-18)32-4)24(27)10-6-19-16-20(7-9-21(19)30-2)34(28,29)26-11-13-33-14-12-26/h5,7-9,15-16H,6,10-14,17H2,1-4H3. The first-order valence-electron chi connectivity index (χ1n) is 11.0. The predicted octanol–water partition coefficient (Wildman–Crippen LogP) is 2.32. The van der Waals surface area contributed by atoms with Crippen molar-refractivity contribution in [3.63, 3.8) is 0 Å². The van der Waals surface area contributed by atoms with Crippen molar-refractivity contribution in [3.05, 3.63) is 47.5 Å². The van der Waals surface area contributed by atoms with E-state index in [9.17, 15) is 13.2 Å². The molecule has 0 atom stereocenters. The van der Waals surface area contributed by atoms with Crippen LogP contribution < -0.4 is 14.2 Å². The average molecular weight is 493 g/mol. The molecule has 186 valence electrons. The molecule has 0 aliphatic carbocycles. The lowest BCUT2D eigenvalue weighted by Gasteiger charge is -2.26. The molecule has 1 amide bonds. The Morgan fingerprint density at radius 3 is 2.26 bits per heavy atom. The van der Waals surface area contributed by atoms with Crippen molar-refractivity contribution < 1.29 is 32.2 Å². The van der Waals surface area contributed by atoms with E-state index in [1.54, 1.807) is 44.4 Å². The van der Waals surface area contributed by atoms with Gasteiger partial charge >= 0.3 is 0 Å². The van der Waals surface area contributed by atoms with Gasteiger partial charge in [-0.25, -0.2) is 8.42 Å². The summed E-state index contributed by atoms with van der Waals surface area (Å²) in [4.78, 5) is 14.6. The monoisotopic (exact) mass is 492 g/mol. The van der Waals surface area contributed by atoms with Crippen LogP contribution in [0.3, 0.4) is 0 Å². The summed E-state index contributed by atoms with van der Waals surface area (Å²) in [5.74, 6) is 1.71. The van der Waals surface area contributed by atoms with Crippen LogP contribution in [0.25, 0.3) is 0 Å². The molecule has 1 aliphatic heterocycles. The Morgan fingerprint density at radius 2 is 1.62 bits per heavy atom. The zero-order chi connectivity index (χ0) is 24.7. The minimum Gasteiger partial charge on any atom is -0.496 e. The molecule has 34 heavy (non-hydrogen) atoms. The van der Waals surface area contributed by atoms with Crippen LogP contribution in [0.15, 0.2) is 41.3 Å². The van der Waals surface area contributed by atoms with Crippen molar-refractivity contribution in [1.82, 2.24) is 9.21 Å². The summed E-state index contributed by atoms with van der Waals surface area (Å²) in [6, 6.07) is 10.3. The minimum absolute atomic E-state index is 0.0710. The normalized spacial score (nSPS) is 14.5. The van der Waals surface area contributed by atoms with Crippen LogP contribution in [0.2, 0.25) is 0 Å². The van der Waals surface area contributed by atoms with Crippen molar-refractivity contribution in [3.8, 4) is 17.2 Å². The van der Waals surface area contributed by atoms with Gasteiger partial charge in [0, 0.05) is 33.1 Å². The largest absolute Gasteiger partial charge is 0.496 e. The lowest BCUT2D eigenvalue weighted by molar-refractivity contribution is -0.130. The fraction of sp³-hybridized carbons (Fsp3) is 0.458. The fourth-order valence-electron chi connectivity index (χ4n) is 3.82. The van der Waals surface area contributed by atoms with E-state index in [2.05, 4.69) is 0 Å². The minimum atomic E-state index is -3.64. The van der Waals surface area contributed by atoms with Crippen LogP contribution in [-0.4, -0.2) is 78.2 Å². The maximum atomic E-state index is 13.0. The van der Waals surface area contributed by atoms with E-state index in [0.29, 0.717) is 62.1 Å². The van der Waals surface area contributed by atoms with Crippen molar-refractivity contribution in [2.24, 2.45) is 0 Å².